The van der Waals surface area contributed by atoms with E-state index in [4.69, 9.17) is 0 Å². The number of aliphatic hydroxyl groups excluding tert-OH is 1. The number of imide groups is 1. The van der Waals surface area contributed by atoms with E-state index >= 15 is 0 Å². The molecule has 130 valence electrons. The maximum atomic E-state index is 12.6. The third kappa shape index (κ3) is 2.99. The Morgan fingerprint density at radius 3 is 2.04 bits per heavy atom. The topological polar surface area (TPSA) is 71.7 Å². The molecule has 0 bridgehead atoms. The van der Waals surface area contributed by atoms with E-state index in [9.17, 15) is 14.7 Å². The molecule has 0 saturated carbocycles. The number of fused-ring (bicyclic) bond motifs is 2. The van der Waals surface area contributed by atoms with Gasteiger partial charge in [-0.25, -0.2) is 0 Å². The summed E-state index contributed by atoms with van der Waals surface area (Å²) >= 11 is 0. The van der Waals surface area contributed by atoms with Crippen LogP contribution in [0.25, 0.3) is 16.1 Å². The quantitative estimate of drug-likeness (QED) is 0.482. The van der Waals surface area contributed by atoms with E-state index in [2.05, 4.69) is 5.32 Å². The van der Waals surface area contributed by atoms with Crippen molar-refractivity contribution < 1.29 is 53.7 Å². The average molecular weight is 501 g/mol. The van der Waals surface area contributed by atoms with Crippen molar-refractivity contribution in [3.05, 3.63) is 52.8 Å². The second kappa shape index (κ2) is 7.49. The summed E-state index contributed by atoms with van der Waals surface area (Å²) in [5.41, 5.74) is 0.836. The van der Waals surface area contributed by atoms with E-state index in [1.807, 2.05) is 24.3 Å². The maximum absolute atomic E-state index is 12.6. The van der Waals surface area contributed by atoms with E-state index in [0.29, 0.717) is 24.1 Å². The summed E-state index contributed by atoms with van der Waals surface area (Å²) in [4.78, 5) is 26.5. The molecule has 2 aromatic carbocycles. The van der Waals surface area contributed by atoms with Crippen LogP contribution in [-0.2, 0) is 39.0 Å². The molecule has 0 spiro atoms. The predicted octanol–water partition coefficient (Wildman–Crippen LogP) is 2.29. The molecule has 2 amide bonds. The number of carbonyl (C=O) groups excluding carboxylic acids is 2. The molecule has 1 unspecified atom stereocenters. The van der Waals surface area contributed by atoms with Crippen LogP contribution in [0.4, 0.5) is 0 Å². The van der Waals surface area contributed by atoms with Crippen molar-refractivity contribution >= 4 is 22.6 Å². The SMILES string of the molecule is O=C1c2cc3ccccc3cc2C(=O)N1[C@H]1CCC[N-]C1O.[Rh].[Rh]. The van der Waals surface area contributed by atoms with E-state index < -0.39 is 12.3 Å². The Hall–Kier alpha value is -0.993. The summed E-state index contributed by atoms with van der Waals surface area (Å²) in [6.07, 6.45) is 0.387. The fourth-order valence-corrected chi connectivity index (χ4v) is 3.30. The van der Waals surface area contributed by atoms with Gasteiger partial charge in [0.15, 0.2) is 0 Å². The van der Waals surface area contributed by atoms with Gasteiger partial charge in [0.1, 0.15) is 0 Å². The zero-order valence-corrected chi connectivity index (χ0v) is 15.8. The van der Waals surface area contributed by atoms with Gasteiger partial charge in [-0.3, -0.25) is 14.5 Å². The summed E-state index contributed by atoms with van der Waals surface area (Å²) in [5, 5.41) is 15.9. The van der Waals surface area contributed by atoms with Gasteiger partial charge in [-0.1, -0.05) is 30.7 Å². The number of benzene rings is 2. The van der Waals surface area contributed by atoms with Crippen LogP contribution >= 0.6 is 0 Å². The third-order valence-corrected chi connectivity index (χ3v) is 4.43. The fourth-order valence-electron chi connectivity index (χ4n) is 3.30. The first-order valence-corrected chi connectivity index (χ1v) is 7.42. The smallest absolute Gasteiger partial charge is 0.261 e. The van der Waals surface area contributed by atoms with Crippen LogP contribution in [0.2, 0.25) is 0 Å². The minimum Gasteiger partial charge on any atom is -0.635 e. The fraction of sp³-hybridized carbons (Fsp3) is 0.294. The standard InChI is InChI=1S/C17H15N2O3.2Rh/c20-15-14(6-3-7-18-15)19-16(21)12-8-10-4-1-2-5-11(10)9-13(12)17(19)22;;/h1-2,4-5,8-9,14-15,20H,3,6-7H2;;/q-1;;/t14-,15?;;/m0../s1. The van der Waals surface area contributed by atoms with Gasteiger partial charge in [0.05, 0.1) is 11.1 Å². The van der Waals surface area contributed by atoms with Crippen LogP contribution in [-0.4, -0.2) is 40.6 Å². The van der Waals surface area contributed by atoms with Gasteiger partial charge in [0.25, 0.3) is 11.8 Å². The van der Waals surface area contributed by atoms with Crippen molar-refractivity contribution in [2.75, 3.05) is 6.54 Å². The Morgan fingerprint density at radius 1 is 1.00 bits per heavy atom. The molecule has 1 N–H and O–H groups in total. The first kappa shape index (κ1) is 19.3. The minimum absolute atomic E-state index is 0. The molecule has 2 aliphatic rings. The molecule has 24 heavy (non-hydrogen) atoms. The number of hydrogen-bond acceptors (Lipinski definition) is 3. The summed E-state index contributed by atoms with van der Waals surface area (Å²) in [5.74, 6) is -0.654. The first-order chi connectivity index (χ1) is 10.7. The molecule has 1 fully saturated rings. The molecule has 1 saturated heterocycles. The van der Waals surface area contributed by atoms with E-state index in [0.717, 1.165) is 17.2 Å². The molecule has 5 nitrogen and oxygen atoms in total. The Kier molecular flexibility index (Phi) is 6.03. The summed E-state index contributed by atoms with van der Waals surface area (Å²) in [6, 6.07) is 10.6. The summed E-state index contributed by atoms with van der Waals surface area (Å²) in [7, 11) is 0. The third-order valence-electron chi connectivity index (χ3n) is 4.43. The number of hydrogen-bond donors (Lipinski definition) is 1. The minimum atomic E-state index is -0.981. The van der Waals surface area contributed by atoms with Crippen LogP contribution in [0.15, 0.2) is 36.4 Å². The molecule has 7 heteroatoms. The van der Waals surface area contributed by atoms with Crippen LogP contribution in [0.1, 0.15) is 33.6 Å². The van der Waals surface area contributed by atoms with E-state index in [1.165, 1.54) is 4.90 Å². The van der Waals surface area contributed by atoms with Crippen LogP contribution < -0.4 is 0 Å². The Bertz CT molecular complexity index is 742. The zero-order chi connectivity index (χ0) is 15.3. The van der Waals surface area contributed by atoms with Crippen molar-refractivity contribution in [3.8, 4) is 0 Å². The van der Waals surface area contributed by atoms with Crippen molar-refractivity contribution in [3.63, 3.8) is 0 Å². The van der Waals surface area contributed by atoms with Crippen molar-refractivity contribution in [2.45, 2.75) is 25.1 Å². The van der Waals surface area contributed by atoms with Gasteiger partial charge in [0, 0.05) is 45.0 Å². The number of amides is 2. The molecular formula is C17H15N2O3Rh2-. The normalized spacial score (nSPS) is 22.8. The number of rotatable bonds is 1. The Balaban J connectivity index is 0.00000104. The summed E-state index contributed by atoms with van der Waals surface area (Å²) in [6.45, 7) is 0.574. The molecule has 2 aromatic rings. The molecule has 2 aliphatic heterocycles. The van der Waals surface area contributed by atoms with E-state index in [1.54, 1.807) is 12.1 Å². The van der Waals surface area contributed by atoms with Gasteiger partial charge in [-0.15, -0.1) is 6.54 Å². The maximum Gasteiger partial charge on any atom is 0.261 e. The van der Waals surface area contributed by atoms with Gasteiger partial charge < -0.3 is 10.4 Å². The van der Waals surface area contributed by atoms with Crippen molar-refractivity contribution in [1.82, 2.24) is 4.90 Å². The molecule has 2 heterocycles. The monoisotopic (exact) mass is 501 g/mol. The van der Waals surface area contributed by atoms with Gasteiger partial charge in [-0.2, -0.15) is 0 Å². The molecule has 4 rings (SSSR count). The molecule has 2 radical (unpaired) electrons. The van der Waals surface area contributed by atoms with Crippen LogP contribution in [0.5, 0.6) is 0 Å². The molecule has 0 aromatic heterocycles. The van der Waals surface area contributed by atoms with Crippen LogP contribution in [0.3, 0.4) is 0 Å². The largest absolute Gasteiger partial charge is 0.635 e. The van der Waals surface area contributed by atoms with Gasteiger partial charge in [0.2, 0.25) is 0 Å². The Morgan fingerprint density at radius 2 is 1.54 bits per heavy atom. The number of carbonyl (C=O) groups is 2. The van der Waals surface area contributed by atoms with Gasteiger partial charge in [-0.05, 0) is 35.6 Å². The van der Waals surface area contributed by atoms with Crippen molar-refractivity contribution in [2.24, 2.45) is 0 Å². The first-order valence-electron chi connectivity index (χ1n) is 7.42. The predicted molar refractivity (Wildman–Crippen MR) is 81.7 cm³/mol. The number of piperidine rings is 1. The van der Waals surface area contributed by atoms with E-state index in [-0.39, 0.29) is 50.8 Å². The second-order valence-corrected chi connectivity index (χ2v) is 5.75. The average Bonchev–Trinajstić information content (AvgIpc) is 2.77. The zero-order valence-electron chi connectivity index (χ0n) is 12.6. The second-order valence-electron chi connectivity index (χ2n) is 5.75. The number of aliphatic hydroxyl groups is 1. The van der Waals surface area contributed by atoms with Crippen LogP contribution in [0, 0.1) is 0 Å². The van der Waals surface area contributed by atoms with Crippen molar-refractivity contribution in [1.29, 1.82) is 0 Å². The number of nitrogens with zero attached hydrogens (tertiary/aromatic N) is 2. The molecule has 0 aliphatic carbocycles. The molecule has 2 atom stereocenters. The van der Waals surface area contributed by atoms with Gasteiger partial charge >= 0.3 is 0 Å². The summed E-state index contributed by atoms with van der Waals surface area (Å²) < 4.78 is 0. The molecular weight excluding hydrogens is 486 g/mol. The Labute approximate surface area is 165 Å².